The zero-order valence-corrected chi connectivity index (χ0v) is 10.5. The number of aliphatic hydroxyl groups excluding tert-OH is 1. The number of amides is 1. The van der Waals surface area contributed by atoms with Gasteiger partial charge < -0.3 is 10.0 Å². The molecule has 0 spiro atoms. The number of carbonyl (C=O) groups is 1. The van der Waals surface area contributed by atoms with Gasteiger partial charge in [0.25, 0.3) is 0 Å². The number of hydrogen-bond acceptors (Lipinski definition) is 2. The molecule has 0 aromatic heterocycles. The Morgan fingerprint density at radius 1 is 1.33 bits per heavy atom. The average molecular weight is 251 g/mol. The molecule has 4 heteroatoms. The Hall–Kier alpha value is -1.42. The van der Waals surface area contributed by atoms with Gasteiger partial charge in [-0.25, -0.2) is 4.39 Å². The molecule has 1 aromatic carbocycles. The van der Waals surface area contributed by atoms with E-state index in [0.29, 0.717) is 31.4 Å². The zero-order valence-electron chi connectivity index (χ0n) is 10.5. The molecule has 0 bridgehead atoms. The van der Waals surface area contributed by atoms with Gasteiger partial charge in [-0.1, -0.05) is 6.07 Å². The standard InChI is InChI=1S/C14H18FNO2/c1-16(12-4-2-3-11(15)9-12)14(18)10-5-7-13(17)8-6-10/h2-4,9-10,13,17H,5-8H2,1H3. The van der Waals surface area contributed by atoms with E-state index in [2.05, 4.69) is 0 Å². The summed E-state index contributed by atoms with van der Waals surface area (Å²) in [6.45, 7) is 0. The molecular weight excluding hydrogens is 233 g/mol. The van der Waals surface area contributed by atoms with Crippen LogP contribution in [0.3, 0.4) is 0 Å². The van der Waals surface area contributed by atoms with E-state index < -0.39 is 0 Å². The van der Waals surface area contributed by atoms with E-state index in [4.69, 9.17) is 0 Å². The minimum Gasteiger partial charge on any atom is -0.393 e. The molecule has 0 atom stereocenters. The number of nitrogens with zero attached hydrogens (tertiary/aromatic N) is 1. The van der Waals surface area contributed by atoms with Crippen molar-refractivity contribution in [1.29, 1.82) is 0 Å². The van der Waals surface area contributed by atoms with Gasteiger partial charge in [-0.2, -0.15) is 0 Å². The molecule has 1 aromatic rings. The highest BCUT2D eigenvalue weighted by atomic mass is 19.1. The Kier molecular flexibility index (Phi) is 3.97. The molecule has 0 radical (unpaired) electrons. The highest BCUT2D eigenvalue weighted by molar-refractivity contribution is 5.94. The lowest BCUT2D eigenvalue weighted by atomic mass is 9.86. The van der Waals surface area contributed by atoms with E-state index in [1.54, 1.807) is 19.2 Å². The molecule has 1 fully saturated rings. The second kappa shape index (κ2) is 5.48. The van der Waals surface area contributed by atoms with E-state index in [9.17, 15) is 14.3 Å². The Balaban J connectivity index is 2.04. The number of aliphatic hydroxyl groups is 1. The molecule has 1 amide bonds. The molecule has 1 saturated carbocycles. The lowest BCUT2D eigenvalue weighted by Gasteiger charge is -2.28. The van der Waals surface area contributed by atoms with Crippen LogP contribution < -0.4 is 4.90 Å². The maximum Gasteiger partial charge on any atom is 0.229 e. The number of anilines is 1. The van der Waals surface area contributed by atoms with Crippen LogP contribution in [0.25, 0.3) is 0 Å². The van der Waals surface area contributed by atoms with Crippen LogP contribution in [-0.4, -0.2) is 24.2 Å². The Morgan fingerprint density at radius 3 is 2.61 bits per heavy atom. The summed E-state index contributed by atoms with van der Waals surface area (Å²) < 4.78 is 13.1. The van der Waals surface area contributed by atoms with Gasteiger partial charge >= 0.3 is 0 Å². The molecule has 98 valence electrons. The molecule has 0 saturated heterocycles. The molecule has 0 aliphatic heterocycles. The van der Waals surface area contributed by atoms with Crippen molar-refractivity contribution in [2.24, 2.45) is 5.92 Å². The van der Waals surface area contributed by atoms with Gasteiger partial charge in [0.2, 0.25) is 5.91 Å². The third kappa shape index (κ3) is 2.88. The number of halogens is 1. The summed E-state index contributed by atoms with van der Waals surface area (Å²) in [5.74, 6) is -0.389. The summed E-state index contributed by atoms with van der Waals surface area (Å²) in [4.78, 5) is 13.7. The molecule has 2 rings (SSSR count). The average Bonchev–Trinajstić information content (AvgIpc) is 2.38. The molecule has 18 heavy (non-hydrogen) atoms. The largest absolute Gasteiger partial charge is 0.393 e. The van der Waals surface area contributed by atoms with E-state index in [1.165, 1.54) is 17.0 Å². The third-order valence-electron chi connectivity index (χ3n) is 3.57. The first kappa shape index (κ1) is 13.0. The lowest BCUT2D eigenvalue weighted by Crippen LogP contribution is -2.35. The number of carbonyl (C=O) groups excluding carboxylic acids is 1. The van der Waals surface area contributed by atoms with Crippen LogP contribution in [0.5, 0.6) is 0 Å². The predicted octanol–water partition coefficient (Wildman–Crippen LogP) is 2.34. The van der Waals surface area contributed by atoms with Crippen molar-refractivity contribution in [3.63, 3.8) is 0 Å². The quantitative estimate of drug-likeness (QED) is 0.876. The van der Waals surface area contributed by atoms with Crippen molar-refractivity contribution < 1.29 is 14.3 Å². The Morgan fingerprint density at radius 2 is 2.00 bits per heavy atom. The summed E-state index contributed by atoms with van der Waals surface area (Å²) in [7, 11) is 1.67. The van der Waals surface area contributed by atoms with Crippen molar-refractivity contribution in [2.75, 3.05) is 11.9 Å². The molecule has 1 aliphatic rings. The van der Waals surface area contributed by atoms with Gasteiger partial charge in [-0.15, -0.1) is 0 Å². The number of rotatable bonds is 2. The summed E-state index contributed by atoms with van der Waals surface area (Å²) in [6, 6.07) is 6.03. The number of hydrogen-bond donors (Lipinski definition) is 1. The summed E-state index contributed by atoms with van der Waals surface area (Å²) in [5.41, 5.74) is 0.575. The smallest absolute Gasteiger partial charge is 0.229 e. The van der Waals surface area contributed by atoms with Crippen LogP contribution >= 0.6 is 0 Å². The van der Waals surface area contributed by atoms with E-state index in [-0.39, 0.29) is 23.7 Å². The minimum absolute atomic E-state index is 0.00694. The molecule has 1 aliphatic carbocycles. The fourth-order valence-corrected chi connectivity index (χ4v) is 2.41. The fraction of sp³-hybridized carbons (Fsp3) is 0.500. The molecule has 0 unspecified atom stereocenters. The van der Waals surface area contributed by atoms with Gasteiger partial charge in [0.15, 0.2) is 0 Å². The first-order valence-corrected chi connectivity index (χ1v) is 6.29. The van der Waals surface area contributed by atoms with Crippen LogP contribution in [0.4, 0.5) is 10.1 Å². The van der Waals surface area contributed by atoms with Gasteiger partial charge in [-0.05, 0) is 43.9 Å². The van der Waals surface area contributed by atoms with Crippen molar-refractivity contribution >= 4 is 11.6 Å². The topological polar surface area (TPSA) is 40.5 Å². The van der Waals surface area contributed by atoms with Gasteiger partial charge in [-0.3, -0.25) is 4.79 Å². The zero-order chi connectivity index (χ0) is 13.1. The van der Waals surface area contributed by atoms with Crippen LogP contribution in [0.1, 0.15) is 25.7 Å². The van der Waals surface area contributed by atoms with Crippen LogP contribution in [0.15, 0.2) is 24.3 Å². The van der Waals surface area contributed by atoms with Crippen molar-refractivity contribution in [2.45, 2.75) is 31.8 Å². The summed E-state index contributed by atoms with van der Waals surface area (Å²) in [5, 5.41) is 9.43. The van der Waals surface area contributed by atoms with Crippen LogP contribution in [0, 0.1) is 11.7 Å². The van der Waals surface area contributed by atoms with Crippen molar-refractivity contribution in [1.82, 2.24) is 0 Å². The molecule has 3 nitrogen and oxygen atoms in total. The van der Waals surface area contributed by atoms with Gasteiger partial charge in [0.05, 0.1) is 6.10 Å². The summed E-state index contributed by atoms with van der Waals surface area (Å²) >= 11 is 0. The Labute approximate surface area is 106 Å². The van der Waals surface area contributed by atoms with Gasteiger partial charge in [0, 0.05) is 18.7 Å². The van der Waals surface area contributed by atoms with Crippen LogP contribution in [-0.2, 0) is 4.79 Å². The summed E-state index contributed by atoms with van der Waals surface area (Å²) in [6.07, 6.45) is 2.49. The normalized spacial score (nSPS) is 23.7. The Bertz CT molecular complexity index is 428. The van der Waals surface area contributed by atoms with Crippen LogP contribution in [0.2, 0.25) is 0 Å². The van der Waals surface area contributed by atoms with E-state index >= 15 is 0 Å². The van der Waals surface area contributed by atoms with Crippen molar-refractivity contribution in [3.05, 3.63) is 30.1 Å². The predicted molar refractivity (Wildman–Crippen MR) is 67.8 cm³/mol. The molecule has 1 N–H and O–H groups in total. The second-order valence-electron chi connectivity index (χ2n) is 4.88. The maximum absolute atomic E-state index is 13.1. The molecule has 0 heterocycles. The fourth-order valence-electron chi connectivity index (χ4n) is 2.41. The van der Waals surface area contributed by atoms with Gasteiger partial charge in [0.1, 0.15) is 5.82 Å². The first-order chi connectivity index (χ1) is 8.58. The third-order valence-corrected chi connectivity index (χ3v) is 3.57. The number of benzene rings is 1. The maximum atomic E-state index is 13.1. The monoisotopic (exact) mass is 251 g/mol. The molecular formula is C14H18FNO2. The lowest BCUT2D eigenvalue weighted by molar-refractivity contribution is -0.123. The van der Waals surface area contributed by atoms with E-state index in [1.807, 2.05) is 0 Å². The second-order valence-corrected chi connectivity index (χ2v) is 4.88. The highest BCUT2D eigenvalue weighted by Crippen LogP contribution is 2.27. The SMILES string of the molecule is CN(C(=O)C1CCC(O)CC1)c1cccc(F)c1. The van der Waals surface area contributed by atoms with E-state index in [0.717, 1.165) is 0 Å². The minimum atomic E-state index is -0.341. The highest BCUT2D eigenvalue weighted by Gasteiger charge is 2.27. The van der Waals surface area contributed by atoms with Crippen molar-refractivity contribution in [3.8, 4) is 0 Å². The first-order valence-electron chi connectivity index (χ1n) is 6.29.